The number of sulfonamides is 1. The van der Waals surface area contributed by atoms with Crippen LogP contribution in [0.5, 0.6) is 5.75 Å². The predicted octanol–water partition coefficient (Wildman–Crippen LogP) is 0.904. The van der Waals surface area contributed by atoms with Crippen LogP contribution >= 0.6 is 0 Å². The van der Waals surface area contributed by atoms with Crippen molar-refractivity contribution in [2.75, 3.05) is 19.6 Å². The summed E-state index contributed by atoms with van der Waals surface area (Å²) in [7, 11) is -4.37. The van der Waals surface area contributed by atoms with Crippen LogP contribution in [0, 0.1) is 0 Å². The van der Waals surface area contributed by atoms with Gasteiger partial charge in [-0.05, 0) is 30.3 Å². The van der Waals surface area contributed by atoms with E-state index in [4.69, 9.17) is 0 Å². The second-order valence-corrected chi connectivity index (χ2v) is 8.60. The standard InChI is InChI=1S/C18H17F3N4O6S/c19-18(20,21)31-13-1-3-14(4-2-13)32(29,30)25-8-7-24(10-15(25)17(27)28)16(26)9-12-5-6-22-11-23-12/h1-6,11,15H,7-10H2,(H,27,28)/t15-/m1/s1. The number of amides is 1. The van der Waals surface area contributed by atoms with Crippen LogP contribution in [0.25, 0.3) is 0 Å². The Bertz CT molecular complexity index is 1080. The van der Waals surface area contributed by atoms with Gasteiger partial charge in [0.25, 0.3) is 0 Å². The Morgan fingerprint density at radius 2 is 1.84 bits per heavy atom. The Morgan fingerprint density at radius 3 is 2.41 bits per heavy atom. The van der Waals surface area contributed by atoms with Crippen molar-refractivity contribution < 1.29 is 41.0 Å². The first kappa shape index (κ1) is 23.4. The molecule has 172 valence electrons. The molecule has 14 heteroatoms. The van der Waals surface area contributed by atoms with E-state index in [1.807, 2.05) is 0 Å². The maximum absolute atomic E-state index is 12.9. The minimum Gasteiger partial charge on any atom is -0.480 e. The largest absolute Gasteiger partial charge is 0.573 e. The molecule has 32 heavy (non-hydrogen) atoms. The third kappa shape index (κ3) is 5.50. The van der Waals surface area contributed by atoms with E-state index >= 15 is 0 Å². The summed E-state index contributed by atoms with van der Waals surface area (Å²) in [6.07, 6.45) is -2.34. The van der Waals surface area contributed by atoms with Crippen molar-refractivity contribution in [3.05, 3.63) is 48.5 Å². The van der Waals surface area contributed by atoms with E-state index in [1.54, 1.807) is 0 Å². The molecule has 2 heterocycles. The number of carbonyl (C=O) groups is 2. The van der Waals surface area contributed by atoms with Gasteiger partial charge in [-0.15, -0.1) is 13.2 Å². The summed E-state index contributed by atoms with van der Waals surface area (Å²) in [5, 5.41) is 9.57. The third-order valence-corrected chi connectivity index (χ3v) is 6.53. The van der Waals surface area contributed by atoms with Crippen LogP contribution in [0.4, 0.5) is 13.2 Å². The highest BCUT2D eigenvalue weighted by atomic mass is 32.2. The molecule has 1 aliphatic heterocycles. The molecule has 1 N–H and O–H groups in total. The highest BCUT2D eigenvalue weighted by Crippen LogP contribution is 2.27. The van der Waals surface area contributed by atoms with Gasteiger partial charge in [0.15, 0.2) is 0 Å². The molecule has 10 nitrogen and oxygen atoms in total. The minimum absolute atomic E-state index is 0.0673. The Labute approximate surface area is 180 Å². The molecule has 0 bridgehead atoms. The number of halogens is 3. The van der Waals surface area contributed by atoms with E-state index < -0.39 is 51.5 Å². The van der Waals surface area contributed by atoms with Gasteiger partial charge in [0.05, 0.1) is 17.0 Å². The number of piperazine rings is 1. The minimum atomic E-state index is -4.94. The van der Waals surface area contributed by atoms with E-state index in [0.29, 0.717) is 10.00 Å². The normalized spacial score (nSPS) is 17.7. The molecule has 2 aromatic rings. The molecule has 1 atom stereocenters. The van der Waals surface area contributed by atoms with Crippen LogP contribution in [0.2, 0.25) is 0 Å². The maximum atomic E-state index is 12.9. The zero-order valence-corrected chi connectivity index (χ0v) is 17.1. The fourth-order valence-electron chi connectivity index (χ4n) is 3.12. The van der Waals surface area contributed by atoms with E-state index in [1.165, 1.54) is 23.5 Å². The van der Waals surface area contributed by atoms with Crippen LogP contribution in [0.1, 0.15) is 5.69 Å². The van der Waals surface area contributed by atoms with Crippen LogP contribution in [0.15, 0.2) is 47.8 Å². The quantitative estimate of drug-likeness (QED) is 0.654. The number of hydrogen-bond acceptors (Lipinski definition) is 7. The first-order chi connectivity index (χ1) is 15.0. The van der Waals surface area contributed by atoms with Crippen LogP contribution < -0.4 is 4.74 Å². The summed E-state index contributed by atoms with van der Waals surface area (Å²) < 4.78 is 67.2. The van der Waals surface area contributed by atoms with E-state index in [0.717, 1.165) is 24.3 Å². The highest BCUT2D eigenvalue weighted by molar-refractivity contribution is 7.89. The summed E-state index contributed by atoms with van der Waals surface area (Å²) in [5.41, 5.74) is 0.424. The van der Waals surface area contributed by atoms with Crippen molar-refractivity contribution in [3.8, 4) is 5.75 Å². The van der Waals surface area contributed by atoms with Crippen molar-refractivity contribution in [1.29, 1.82) is 0 Å². The number of nitrogens with zero attached hydrogens (tertiary/aromatic N) is 4. The number of aliphatic carboxylic acids is 1. The zero-order chi connectivity index (χ0) is 23.5. The Kier molecular flexibility index (Phi) is 6.64. The number of hydrogen-bond donors (Lipinski definition) is 1. The molecule has 0 radical (unpaired) electrons. The lowest BCUT2D eigenvalue weighted by molar-refractivity contribution is -0.274. The number of carboxylic acid groups (broad SMARTS) is 1. The molecule has 0 aliphatic carbocycles. The molecule has 1 aromatic carbocycles. The molecule has 0 spiro atoms. The van der Waals surface area contributed by atoms with Gasteiger partial charge in [0, 0.05) is 25.8 Å². The lowest BCUT2D eigenvalue weighted by Gasteiger charge is -2.38. The van der Waals surface area contributed by atoms with E-state index in [2.05, 4.69) is 14.7 Å². The average Bonchev–Trinajstić information content (AvgIpc) is 2.73. The molecule has 0 saturated carbocycles. The van der Waals surface area contributed by atoms with Crippen molar-refractivity contribution in [1.82, 2.24) is 19.2 Å². The topological polar surface area (TPSA) is 130 Å². The number of ether oxygens (including phenoxy) is 1. The number of benzene rings is 1. The number of carbonyl (C=O) groups excluding carboxylic acids is 1. The Morgan fingerprint density at radius 1 is 1.16 bits per heavy atom. The fraction of sp³-hybridized carbons (Fsp3) is 0.333. The molecular formula is C18H17F3N4O6S. The van der Waals surface area contributed by atoms with Gasteiger partial charge >= 0.3 is 12.3 Å². The summed E-state index contributed by atoms with van der Waals surface area (Å²) >= 11 is 0. The van der Waals surface area contributed by atoms with E-state index in [-0.39, 0.29) is 19.5 Å². The second kappa shape index (κ2) is 9.08. The molecule has 1 saturated heterocycles. The van der Waals surface area contributed by atoms with Gasteiger partial charge in [-0.1, -0.05) is 0 Å². The second-order valence-electron chi connectivity index (χ2n) is 6.71. The molecule has 1 fully saturated rings. The fourth-order valence-corrected chi connectivity index (χ4v) is 4.68. The van der Waals surface area contributed by atoms with Crippen LogP contribution in [0.3, 0.4) is 0 Å². The number of alkyl halides is 3. The summed E-state index contributed by atoms with van der Waals surface area (Å²) in [6, 6.07) is 3.37. The smallest absolute Gasteiger partial charge is 0.480 e. The van der Waals surface area contributed by atoms with Crippen molar-refractivity contribution >= 4 is 21.9 Å². The van der Waals surface area contributed by atoms with Crippen LogP contribution in [-0.2, 0) is 26.0 Å². The third-order valence-electron chi connectivity index (χ3n) is 4.61. The Balaban J connectivity index is 1.76. The predicted molar refractivity (Wildman–Crippen MR) is 101 cm³/mol. The van der Waals surface area contributed by atoms with Crippen molar-refractivity contribution in [2.45, 2.75) is 23.7 Å². The van der Waals surface area contributed by atoms with E-state index in [9.17, 15) is 36.3 Å². The molecule has 1 aliphatic rings. The SMILES string of the molecule is O=C(O)[C@H]1CN(C(=O)Cc2ccncn2)CCN1S(=O)(=O)c1ccc(OC(F)(F)F)cc1. The highest BCUT2D eigenvalue weighted by Gasteiger charge is 2.41. The number of carboxylic acids is 1. The molecule has 0 unspecified atom stereocenters. The summed E-state index contributed by atoms with van der Waals surface area (Å²) in [4.78, 5) is 32.8. The first-order valence-electron chi connectivity index (χ1n) is 9.10. The number of rotatable bonds is 6. The first-order valence-corrected chi connectivity index (χ1v) is 10.5. The van der Waals surface area contributed by atoms with Gasteiger partial charge < -0.3 is 14.7 Å². The van der Waals surface area contributed by atoms with Gasteiger partial charge in [-0.2, -0.15) is 4.31 Å². The maximum Gasteiger partial charge on any atom is 0.573 e. The number of aromatic nitrogens is 2. The average molecular weight is 474 g/mol. The summed E-state index contributed by atoms with van der Waals surface area (Å²) in [5.74, 6) is -2.52. The van der Waals surface area contributed by atoms with Gasteiger partial charge in [-0.25, -0.2) is 18.4 Å². The monoisotopic (exact) mass is 474 g/mol. The van der Waals surface area contributed by atoms with Gasteiger partial charge in [-0.3, -0.25) is 9.59 Å². The van der Waals surface area contributed by atoms with Gasteiger partial charge in [0.1, 0.15) is 18.1 Å². The zero-order valence-electron chi connectivity index (χ0n) is 16.3. The van der Waals surface area contributed by atoms with Crippen LogP contribution in [-0.4, -0.2) is 76.6 Å². The Hall–Kier alpha value is -3.26. The molecule has 1 aromatic heterocycles. The molecular weight excluding hydrogens is 457 g/mol. The van der Waals surface area contributed by atoms with Crippen molar-refractivity contribution in [3.63, 3.8) is 0 Å². The summed E-state index contributed by atoms with van der Waals surface area (Å²) in [6.45, 7) is -0.772. The van der Waals surface area contributed by atoms with Crippen molar-refractivity contribution in [2.24, 2.45) is 0 Å². The lowest BCUT2D eigenvalue weighted by Crippen LogP contribution is -2.59. The lowest BCUT2D eigenvalue weighted by atomic mass is 10.2. The molecule has 3 rings (SSSR count). The van der Waals surface area contributed by atoms with Gasteiger partial charge in [0.2, 0.25) is 15.9 Å². The molecule has 1 amide bonds.